The molecule has 2 atom stereocenters. The second-order valence-electron chi connectivity index (χ2n) is 5.26. The van der Waals surface area contributed by atoms with E-state index in [0.29, 0.717) is 12.2 Å². The smallest absolute Gasteiger partial charge is 0.121 e. The average Bonchev–Trinajstić information content (AvgIpc) is 2.27. The zero-order valence-corrected chi connectivity index (χ0v) is 11.8. The number of benzene rings is 1. The van der Waals surface area contributed by atoms with E-state index in [9.17, 15) is 0 Å². The molecule has 1 aliphatic rings. The Morgan fingerprint density at radius 1 is 1.28 bits per heavy atom. The highest BCUT2D eigenvalue weighted by Crippen LogP contribution is 2.20. The molecule has 0 aliphatic carbocycles. The van der Waals surface area contributed by atoms with Crippen LogP contribution < -0.4 is 4.74 Å². The van der Waals surface area contributed by atoms with E-state index in [0.717, 1.165) is 25.4 Å². The van der Waals surface area contributed by atoms with Crippen LogP contribution in [0, 0.1) is 6.92 Å². The van der Waals surface area contributed by atoms with Crippen LogP contribution >= 0.6 is 0 Å². The minimum atomic E-state index is 0.327. The number of nitrogens with zero attached hydrogens (tertiary/aromatic N) is 1. The van der Waals surface area contributed by atoms with Gasteiger partial charge in [-0.05, 0) is 38.0 Å². The van der Waals surface area contributed by atoms with Crippen molar-refractivity contribution < 1.29 is 9.47 Å². The summed E-state index contributed by atoms with van der Waals surface area (Å²) in [4.78, 5) is 2.46. The third kappa shape index (κ3) is 3.24. The molecule has 18 heavy (non-hydrogen) atoms. The molecule has 3 nitrogen and oxygen atoms in total. The van der Waals surface area contributed by atoms with Crippen LogP contribution in [0.15, 0.2) is 18.2 Å². The highest BCUT2D eigenvalue weighted by molar-refractivity contribution is 5.36. The Morgan fingerprint density at radius 3 is 2.50 bits per heavy atom. The predicted molar refractivity (Wildman–Crippen MR) is 73.0 cm³/mol. The molecular formula is C15H23NO2. The zero-order valence-electron chi connectivity index (χ0n) is 11.8. The minimum Gasteiger partial charge on any atom is -0.496 e. The van der Waals surface area contributed by atoms with Crippen molar-refractivity contribution in [1.82, 2.24) is 4.90 Å². The summed E-state index contributed by atoms with van der Waals surface area (Å²) in [6.07, 6.45) is 0.654. The number of rotatable bonds is 3. The van der Waals surface area contributed by atoms with Gasteiger partial charge in [0, 0.05) is 19.6 Å². The number of hydrogen-bond acceptors (Lipinski definition) is 3. The fraction of sp³-hybridized carbons (Fsp3) is 0.600. The topological polar surface area (TPSA) is 21.7 Å². The summed E-state index contributed by atoms with van der Waals surface area (Å²) in [5, 5.41) is 0. The maximum absolute atomic E-state index is 5.75. The highest BCUT2D eigenvalue weighted by Gasteiger charge is 2.22. The minimum absolute atomic E-state index is 0.327. The van der Waals surface area contributed by atoms with E-state index in [-0.39, 0.29) is 0 Å². The van der Waals surface area contributed by atoms with Crippen molar-refractivity contribution in [3.63, 3.8) is 0 Å². The van der Waals surface area contributed by atoms with Crippen molar-refractivity contribution in [2.45, 2.75) is 39.5 Å². The highest BCUT2D eigenvalue weighted by atomic mass is 16.5. The lowest BCUT2D eigenvalue weighted by Gasteiger charge is -2.35. The molecule has 1 saturated heterocycles. The van der Waals surface area contributed by atoms with Crippen LogP contribution in [-0.2, 0) is 11.3 Å². The molecule has 0 radical (unpaired) electrons. The van der Waals surface area contributed by atoms with Gasteiger partial charge in [0.1, 0.15) is 5.75 Å². The van der Waals surface area contributed by atoms with Gasteiger partial charge in [0.05, 0.1) is 19.3 Å². The van der Waals surface area contributed by atoms with Crippen LogP contribution in [0.5, 0.6) is 5.75 Å². The van der Waals surface area contributed by atoms with Gasteiger partial charge in [-0.1, -0.05) is 12.1 Å². The van der Waals surface area contributed by atoms with E-state index in [2.05, 4.69) is 43.9 Å². The Morgan fingerprint density at radius 2 is 1.94 bits per heavy atom. The van der Waals surface area contributed by atoms with Gasteiger partial charge in [0.2, 0.25) is 0 Å². The monoisotopic (exact) mass is 249 g/mol. The summed E-state index contributed by atoms with van der Waals surface area (Å²) in [6, 6.07) is 6.41. The van der Waals surface area contributed by atoms with Crippen molar-refractivity contribution in [2.24, 2.45) is 0 Å². The quantitative estimate of drug-likeness (QED) is 0.822. The molecule has 0 saturated carbocycles. The standard InChI is InChI=1S/C15H23NO2/c1-11-7-14(5-6-15(11)17-4)10-16-8-12(2)18-13(3)9-16/h5-7,12-13H,8-10H2,1-4H3/t12-,13+. The molecule has 0 aromatic heterocycles. The van der Waals surface area contributed by atoms with E-state index >= 15 is 0 Å². The number of morpholine rings is 1. The van der Waals surface area contributed by atoms with Crippen molar-refractivity contribution in [1.29, 1.82) is 0 Å². The largest absolute Gasteiger partial charge is 0.496 e. The van der Waals surface area contributed by atoms with Crippen molar-refractivity contribution in [3.8, 4) is 5.75 Å². The molecule has 0 bridgehead atoms. The Balaban J connectivity index is 2.02. The van der Waals surface area contributed by atoms with Gasteiger partial charge in [-0.2, -0.15) is 0 Å². The van der Waals surface area contributed by atoms with Gasteiger partial charge >= 0.3 is 0 Å². The zero-order chi connectivity index (χ0) is 13.1. The molecule has 0 spiro atoms. The molecule has 3 heteroatoms. The third-order valence-electron chi connectivity index (χ3n) is 3.36. The fourth-order valence-electron chi connectivity index (χ4n) is 2.71. The SMILES string of the molecule is COc1ccc(CN2C[C@@H](C)O[C@@H](C)C2)cc1C. The summed E-state index contributed by atoms with van der Waals surface area (Å²) >= 11 is 0. The van der Waals surface area contributed by atoms with Crippen LogP contribution in [0.1, 0.15) is 25.0 Å². The predicted octanol–water partition coefficient (Wildman–Crippen LogP) is 2.61. The van der Waals surface area contributed by atoms with Gasteiger partial charge in [0.25, 0.3) is 0 Å². The lowest BCUT2D eigenvalue weighted by molar-refractivity contribution is -0.0704. The van der Waals surface area contributed by atoms with Crippen LogP contribution in [0.3, 0.4) is 0 Å². The van der Waals surface area contributed by atoms with Gasteiger partial charge in [0.15, 0.2) is 0 Å². The van der Waals surface area contributed by atoms with Crippen LogP contribution in [0.2, 0.25) is 0 Å². The normalized spacial score (nSPS) is 25.1. The second-order valence-corrected chi connectivity index (χ2v) is 5.26. The van der Waals surface area contributed by atoms with E-state index in [1.807, 2.05) is 0 Å². The summed E-state index contributed by atoms with van der Waals surface area (Å²) in [5.41, 5.74) is 2.54. The molecule has 1 fully saturated rings. The summed E-state index contributed by atoms with van der Waals surface area (Å²) in [7, 11) is 1.72. The molecule has 1 aliphatic heterocycles. The van der Waals surface area contributed by atoms with Gasteiger partial charge < -0.3 is 9.47 Å². The molecule has 1 heterocycles. The Labute approximate surface area is 110 Å². The van der Waals surface area contributed by atoms with Crippen LogP contribution in [-0.4, -0.2) is 37.3 Å². The van der Waals surface area contributed by atoms with E-state index in [1.165, 1.54) is 11.1 Å². The van der Waals surface area contributed by atoms with Gasteiger partial charge in [-0.15, -0.1) is 0 Å². The van der Waals surface area contributed by atoms with E-state index < -0.39 is 0 Å². The van der Waals surface area contributed by atoms with Crippen LogP contribution in [0.25, 0.3) is 0 Å². The number of aryl methyl sites for hydroxylation is 1. The lowest BCUT2D eigenvalue weighted by atomic mass is 10.1. The van der Waals surface area contributed by atoms with Gasteiger partial charge in [-0.25, -0.2) is 0 Å². The summed E-state index contributed by atoms with van der Waals surface area (Å²) in [5.74, 6) is 0.961. The summed E-state index contributed by atoms with van der Waals surface area (Å²) in [6.45, 7) is 9.38. The molecule has 1 aromatic carbocycles. The third-order valence-corrected chi connectivity index (χ3v) is 3.36. The maximum atomic E-state index is 5.75. The molecular weight excluding hydrogens is 226 g/mol. The average molecular weight is 249 g/mol. The van der Waals surface area contributed by atoms with Crippen LogP contribution in [0.4, 0.5) is 0 Å². The van der Waals surface area contributed by atoms with E-state index in [4.69, 9.17) is 9.47 Å². The van der Waals surface area contributed by atoms with Crippen molar-refractivity contribution in [3.05, 3.63) is 29.3 Å². The molecule has 0 unspecified atom stereocenters. The first-order valence-electron chi connectivity index (χ1n) is 6.60. The first kappa shape index (κ1) is 13.4. The first-order valence-corrected chi connectivity index (χ1v) is 6.60. The molecule has 0 amide bonds. The Kier molecular flexibility index (Phi) is 4.25. The van der Waals surface area contributed by atoms with Crippen molar-refractivity contribution in [2.75, 3.05) is 20.2 Å². The molecule has 100 valence electrons. The number of hydrogen-bond donors (Lipinski definition) is 0. The fourth-order valence-corrected chi connectivity index (χ4v) is 2.71. The second kappa shape index (κ2) is 5.72. The molecule has 2 rings (SSSR count). The number of ether oxygens (including phenoxy) is 2. The summed E-state index contributed by atoms with van der Waals surface area (Å²) < 4.78 is 11.0. The Bertz CT molecular complexity index is 395. The molecule has 1 aromatic rings. The van der Waals surface area contributed by atoms with Gasteiger partial charge in [-0.3, -0.25) is 4.90 Å². The maximum Gasteiger partial charge on any atom is 0.121 e. The van der Waals surface area contributed by atoms with E-state index in [1.54, 1.807) is 7.11 Å². The number of methoxy groups -OCH3 is 1. The first-order chi connectivity index (χ1) is 8.58. The lowest BCUT2D eigenvalue weighted by Crippen LogP contribution is -2.44. The molecule has 0 N–H and O–H groups in total. The Hall–Kier alpha value is -1.06. The van der Waals surface area contributed by atoms with Crippen molar-refractivity contribution >= 4 is 0 Å².